The highest BCUT2D eigenvalue weighted by Gasteiger charge is 2.53. The molecule has 3 atom stereocenters. The van der Waals surface area contributed by atoms with Gasteiger partial charge in [-0.3, -0.25) is 0 Å². The zero-order valence-corrected chi connectivity index (χ0v) is 13.8. The van der Waals surface area contributed by atoms with Crippen molar-refractivity contribution in [2.24, 2.45) is 5.92 Å². The minimum absolute atomic E-state index is 0.142. The topological polar surface area (TPSA) is 32.3 Å². The van der Waals surface area contributed by atoms with Gasteiger partial charge >= 0.3 is 0 Å². The van der Waals surface area contributed by atoms with E-state index in [-0.39, 0.29) is 11.7 Å². The molecule has 1 heterocycles. The summed E-state index contributed by atoms with van der Waals surface area (Å²) in [5.74, 6) is 0.835. The Bertz CT molecular complexity index is 696. The first-order chi connectivity index (χ1) is 11.7. The van der Waals surface area contributed by atoms with Gasteiger partial charge in [0.2, 0.25) is 0 Å². The summed E-state index contributed by atoms with van der Waals surface area (Å²) in [6, 6.07) is 17.7. The maximum Gasteiger partial charge on any atom is 0.120 e. The van der Waals surface area contributed by atoms with Crippen LogP contribution in [0.5, 0.6) is 5.75 Å². The third kappa shape index (κ3) is 2.93. The van der Waals surface area contributed by atoms with Gasteiger partial charge in [-0.05, 0) is 67.4 Å². The van der Waals surface area contributed by atoms with E-state index in [4.69, 9.17) is 0 Å². The van der Waals surface area contributed by atoms with Crippen LogP contribution in [0, 0.1) is 5.92 Å². The second-order valence-electron chi connectivity index (χ2n) is 7.27. The average Bonchev–Trinajstić information content (AvgIpc) is 3.36. The quantitative estimate of drug-likeness (QED) is 0.875. The van der Waals surface area contributed by atoms with Crippen LogP contribution in [0.1, 0.15) is 42.2 Å². The molecule has 0 bridgehead atoms. The Labute approximate surface area is 142 Å². The van der Waals surface area contributed by atoms with Crippen LogP contribution in [0.15, 0.2) is 54.6 Å². The summed E-state index contributed by atoms with van der Waals surface area (Å²) < 4.78 is 15.9. The molecule has 2 nitrogen and oxygen atoms in total. The Morgan fingerprint density at radius 3 is 2.50 bits per heavy atom. The molecule has 0 radical (unpaired) electrons. The minimum atomic E-state index is -1.19. The van der Waals surface area contributed by atoms with E-state index in [1.807, 2.05) is 18.2 Å². The lowest BCUT2D eigenvalue weighted by molar-refractivity contribution is 0.0709. The maximum absolute atomic E-state index is 15.9. The molecule has 2 aromatic rings. The molecule has 0 aromatic heterocycles. The number of alkyl halides is 1. The van der Waals surface area contributed by atoms with Crippen LogP contribution in [0.25, 0.3) is 0 Å². The first-order valence-electron chi connectivity index (χ1n) is 8.91. The Kier molecular flexibility index (Phi) is 4.05. The second kappa shape index (κ2) is 6.21. The molecule has 1 saturated heterocycles. The van der Waals surface area contributed by atoms with E-state index in [0.29, 0.717) is 24.7 Å². The number of rotatable bonds is 4. The molecule has 2 fully saturated rings. The van der Waals surface area contributed by atoms with E-state index < -0.39 is 5.67 Å². The van der Waals surface area contributed by atoms with E-state index in [1.54, 1.807) is 12.1 Å². The van der Waals surface area contributed by atoms with Gasteiger partial charge in [0.25, 0.3) is 0 Å². The van der Waals surface area contributed by atoms with Crippen LogP contribution < -0.4 is 5.32 Å². The molecule has 24 heavy (non-hydrogen) atoms. The van der Waals surface area contributed by atoms with Crippen molar-refractivity contribution in [3.05, 3.63) is 65.7 Å². The first kappa shape index (κ1) is 15.6. The largest absolute Gasteiger partial charge is 0.508 e. The summed E-state index contributed by atoms with van der Waals surface area (Å²) in [5.41, 5.74) is 1.07. The van der Waals surface area contributed by atoms with Gasteiger partial charge in [-0.25, -0.2) is 4.39 Å². The van der Waals surface area contributed by atoms with Crippen molar-refractivity contribution >= 4 is 0 Å². The van der Waals surface area contributed by atoms with Gasteiger partial charge in [0.15, 0.2) is 0 Å². The number of aromatic hydroxyl groups is 1. The molecular weight excluding hydrogens is 301 g/mol. The molecule has 126 valence electrons. The van der Waals surface area contributed by atoms with Gasteiger partial charge in [0, 0.05) is 5.92 Å². The minimum Gasteiger partial charge on any atom is -0.508 e. The Balaban J connectivity index is 1.67. The predicted octanol–water partition coefficient (Wildman–Crippen LogP) is 4.37. The zero-order chi connectivity index (χ0) is 16.6. The second-order valence-corrected chi connectivity index (χ2v) is 7.27. The summed E-state index contributed by atoms with van der Waals surface area (Å²) in [7, 11) is 0. The SMILES string of the molecule is Oc1cccc(C(C2CC2c2ccccc2)C2(F)CCNCC2)c1. The highest BCUT2D eigenvalue weighted by atomic mass is 19.1. The van der Waals surface area contributed by atoms with Crippen LogP contribution in [0.3, 0.4) is 0 Å². The number of piperidine rings is 1. The molecule has 1 saturated carbocycles. The number of benzene rings is 2. The van der Waals surface area contributed by atoms with Crippen molar-refractivity contribution in [2.45, 2.75) is 36.8 Å². The number of phenols is 1. The van der Waals surface area contributed by atoms with Crippen molar-refractivity contribution in [2.75, 3.05) is 13.1 Å². The van der Waals surface area contributed by atoms with Crippen LogP contribution in [0.2, 0.25) is 0 Å². The fourth-order valence-electron chi connectivity index (χ4n) is 4.47. The van der Waals surface area contributed by atoms with E-state index in [9.17, 15) is 5.11 Å². The molecule has 2 aliphatic rings. The predicted molar refractivity (Wildman–Crippen MR) is 94.1 cm³/mol. The van der Waals surface area contributed by atoms with Gasteiger partial charge < -0.3 is 10.4 Å². The van der Waals surface area contributed by atoms with Crippen molar-refractivity contribution in [1.29, 1.82) is 0 Å². The fraction of sp³-hybridized carbons (Fsp3) is 0.429. The number of hydrogen-bond acceptors (Lipinski definition) is 2. The molecular formula is C21H24FNO. The van der Waals surface area contributed by atoms with Gasteiger partial charge in [-0.1, -0.05) is 42.5 Å². The van der Waals surface area contributed by atoms with Crippen LogP contribution in [-0.4, -0.2) is 23.9 Å². The van der Waals surface area contributed by atoms with E-state index in [1.165, 1.54) is 5.56 Å². The van der Waals surface area contributed by atoms with E-state index in [0.717, 1.165) is 25.1 Å². The van der Waals surface area contributed by atoms with Crippen LogP contribution in [-0.2, 0) is 0 Å². The smallest absolute Gasteiger partial charge is 0.120 e. The lowest BCUT2D eigenvalue weighted by Gasteiger charge is -2.38. The molecule has 1 aliphatic carbocycles. The highest BCUT2D eigenvalue weighted by Crippen LogP contribution is 2.60. The average molecular weight is 325 g/mol. The molecule has 0 amide bonds. The van der Waals surface area contributed by atoms with Gasteiger partial charge in [0.05, 0.1) is 0 Å². The molecule has 3 unspecified atom stereocenters. The van der Waals surface area contributed by atoms with Gasteiger partial charge in [0.1, 0.15) is 11.4 Å². The monoisotopic (exact) mass is 325 g/mol. The molecule has 0 spiro atoms. The van der Waals surface area contributed by atoms with E-state index >= 15 is 4.39 Å². The molecule has 2 N–H and O–H groups in total. The summed E-state index contributed by atoms with van der Waals surface area (Å²) in [6.07, 6.45) is 2.13. The fourth-order valence-corrected chi connectivity index (χ4v) is 4.47. The molecule has 2 aromatic carbocycles. The zero-order valence-electron chi connectivity index (χ0n) is 13.8. The molecule has 1 aliphatic heterocycles. The summed E-state index contributed by atoms with van der Waals surface area (Å²) in [4.78, 5) is 0. The van der Waals surface area contributed by atoms with Crippen LogP contribution in [0.4, 0.5) is 4.39 Å². The lowest BCUT2D eigenvalue weighted by atomic mass is 9.74. The normalized spacial score (nSPS) is 26.7. The van der Waals surface area contributed by atoms with Gasteiger partial charge in [-0.2, -0.15) is 0 Å². The standard InChI is InChI=1S/C21H24FNO/c22-21(9-11-23-12-10-21)20(16-7-4-8-17(24)13-16)19-14-18(19)15-5-2-1-3-6-15/h1-8,13,18-20,23-24H,9-12,14H2. The van der Waals surface area contributed by atoms with Crippen molar-refractivity contribution in [3.8, 4) is 5.75 Å². The maximum atomic E-state index is 15.9. The Morgan fingerprint density at radius 2 is 1.79 bits per heavy atom. The van der Waals surface area contributed by atoms with E-state index in [2.05, 4.69) is 29.6 Å². The lowest BCUT2D eigenvalue weighted by Crippen LogP contribution is -2.43. The number of phenolic OH excluding ortho intramolecular Hbond substituents is 1. The number of nitrogens with one attached hydrogen (secondary N) is 1. The van der Waals surface area contributed by atoms with Crippen molar-refractivity contribution in [1.82, 2.24) is 5.32 Å². The van der Waals surface area contributed by atoms with Crippen molar-refractivity contribution in [3.63, 3.8) is 0 Å². The summed E-state index contributed by atoms with van der Waals surface area (Å²) in [5, 5.41) is 13.2. The van der Waals surface area contributed by atoms with Gasteiger partial charge in [-0.15, -0.1) is 0 Å². The third-order valence-corrected chi connectivity index (χ3v) is 5.72. The Hall–Kier alpha value is -1.87. The first-order valence-corrected chi connectivity index (χ1v) is 8.91. The summed E-state index contributed by atoms with van der Waals surface area (Å²) in [6.45, 7) is 1.46. The van der Waals surface area contributed by atoms with Crippen LogP contribution >= 0.6 is 0 Å². The number of halogens is 1. The van der Waals surface area contributed by atoms with Crippen molar-refractivity contribution < 1.29 is 9.50 Å². The summed E-state index contributed by atoms with van der Waals surface area (Å²) >= 11 is 0. The number of hydrogen-bond donors (Lipinski definition) is 2. The highest BCUT2D eigenvalue weighted by molar-refractivity contribution is 5.37. The third-order valence-electron chi connectivity index (χ3n) is 5.72. The molecule has 3 heteroatoms. The molecule has 4 rings (SSSR count). The Morgan fingerprint density at radius 1 is 1.04 bits per heavy atom.